The minimum atomic E-state index is -0.757. The zero-order chi connectivity index (χ0) is 21.1. The maximum absolute atomic E-state index is 12.9. The molecule has 7 heteroatoms. The summed E-state index contributed by atoms with van der Waals surface area (Å²) in [7, 11) is 0. The molecule has 1 heterocycles. The summed E-state index contributed by atoms with van der Waals surface area (Å²) in [4.78, 5) is 50.6. The van der Waals surface area contributed by atoms with Crippen LogP contribution in [-0.2, 0) is 9.53 Å². The lowest BCUT2D eigenvalue weighted by atomic mass is 10.1. The molecule has 0 aliphatic carbocycles. The molecule has 29 heavy (non-hydrogen) atoms. The molecule has 0 aromatic heterocycles. The van der Waals surface area contributed by atoms with E-state index in [-0.39, 0.29) is 23.2 Å². The van der Waals surface area contributed by atoms with E-state index in [1.807, 2.05) is 26.0 Å². The van der Waals surface area contributed by atoms with Gasteiger partial charge in [0.1, 0.15) is 0 Å². The summed E-state index contributed by atoms with van der Waals surface area (Å²) in [5, 5.41) is 2.49. The first-order valence-electron chi connectivity index (χ1n) is 8.98. The molecule has 148 valence electrons. The Hall–Kier alpha value is -3.74. The van der Waals surface area contributed by atoms with Crippen molar-refractivity contribution in [3.63, 3.8) is 0 Å². The standard InChI is InChI=1S/C22H20N2O5/c1-4-9-23-19(25)12-29-22(28)15-7-8-16-17(11-15)21(27)24(20(16)26)18-10-13(2)5-6-14(18)3/h4-8,10-11H,1,9,12H2,2-3H3,(H,23,25). The average Bonchev–Trinajstić information content (AvgIpc) is 2.96. The zero-order valence-electron chi connectivity index (χ0n) is 16.2. The molecule has 0 saturated heterocycles. The van der Waals surface area contributed by atoms with Crippen molar-refractivity contribution >= 4 is 29.4 Å². The number of fused-ring (bicyclic) bond motifs is 1. The molecule has 0 saturated carbocycles. The van der Waals surface area contributed by atoms with Crippen LogP contribution in [0.1, 0.15) is 42.2 Å². The van der Waals surface area contributed by atoms with E-state index in [0.29, 0.717) is 5.69 Å². The molecule has 2 aromatic rings. The lowest BCUT2D eigenvalue weighted by Gasteiger charge is -2.17. The highest BCUT2D eigenvalue weighted by Gasteiger charge is 2.38. The van der Waals surface area contributed by atoms with Gasteiger partial charge in [0.2, 0.25) is 0 Å². The second-order valence-electron chi connectivity index (χ2n) is 6.66. The van der Waals surface area contributed by atoms with Crippen molar-refractivity contribution in [1.29, 1.82) is 0 Å². The molecule has 0 bridgehead atoms. The van der Waals surface area contributed by atoms with Gasteiger partial charge in [-0.25, -0.2) is 9.69 Å². The molecule has 0 spiro atoms. The lowest BCUT2D eigenvalue weighted by Crippen LogP contribution is -2.30. The van der Waals surface area contributed by atoms with Gasteiger partial charge in [-0.1, -0.05) is 18.2 Å². The number of ether oxygens (including phenoxy) is 1. The Kier molecular flexibility index (Phi) is 5.59. The van der Waals surface area contributed by atoms with Crippen LogP contribution in [0.25, 0.3) is 0 Å². The number of carbonyl (C=O) groups excluding carboxylic acids is 4. The maximum Gasteiger partial charge on any atom is 0.338 e. The Morgan fingerprint density at radius 2 is 1.79 bits per heavy atom. The monoisotopic (exact) mass is 392 g/mol. The van der Waals surface area contributed by atoms with E-state index in [0.717, 1.165) is 16.0 Å². The first-order chi connectivity index (χ1) is 13.8. The van der Waals surface area contributed by atoms with Gasteiger partial charge in [-0.2, -0.15) is 0 Å². The minimum Gasteiger partial charge on any atom is -0.452 e. The molecule has 0 atom stereocenters. The van der Waals surface area contributed by atoms with Crippen molar-refractivity contribution in [2.45, 2.75) is 13.8 Å². The first kappa shape index (κ1) is 20.0. The van der Waals surface area contributed by atoms with Crippen molar-refractivity contribution in [1.82, 2.24) is 5.32 Å². The topological polar surface area (TPSA) is 92.8 Å². The lowest BCUT2D eigenvalue weighted by molar-refractivity contribution is -0.124. The molecule has 1 N–H and O–H groups in total. The second-order valence-corrected chi connectivity index (χ2v) is 6.66. The zero-order valence-corrected chi connectivity index (χ0v) is 16.2. The Labute approximate surface area is 168 Å². The van der Waals surface area contributed by atoms with Gasteiger partial charge >= 0.3 is 5.97 Å². The van der Waals surface area contributed by atoms with E-state index in [9.17, 15) is 19.2 Å². The van der Waals surface area contributed by atoms with Crippen molar-refractivity contribution in [3.8, 4) is 0 Å². The molecule has 0 radical (unpaired) electrons. The third-order valence-corrected chi connectivity index (χ3v) is 4.51. The molecule has 1 aliphatic rings. The quantitative estimate of drug-likeness (QED) is 0.463. The van der Waals surface area contributed by atoms with Gasteiger partial charge in [-0.3, -0.25) is 14.4 Å². The van der Waals surface area contributed by atoms with Gasteiger partial charge in [0.25, 0.3) is 17.7 Å². The number of carbonyl (C=O) groups is 4. The van der Waals surface area contributed by atoms with Crippen molar-refractivity contribution in [2.24, 2.45) is 0 Å². The number of aryl methyl sites for hydroxylation is 2. The fourth-order valence-corrected chi connectivity index (χ4v) is 3.00. The number of rotatable bonds is 6. The second kappa shape index (κ2) is 8.10. The Morgan fingerprint density at radius 3 is 2.52 bits per heavy atom. The molecular formula is C22H20N2O5. The molecule has 0 unspecified atom stereocenters. The van der Waals surface area contributed by atoms with Crippen molar-refractivity contribution in [2.75, 3.05) is 18.1 Å². The van der Waals surface area contributed by atoms with Crippen LogP contribution in [0.3, 0.4) is 0 Å². The number of hydrogen-bond donors (Lipinski definition) is 1. The van der Waals surface area contributed by atoms with Crippen LogP contribution in [0.5, 0.6) is 0 Å². The van der Waals surface area contributed by atoms with Crippen LogP contribution in [0.15, 0.2) is 49.1 Å². The number of hydrogen-bond acceptors (Lipinski definition) is 5. The van der Waals surface area contributed by atoms with E-state index >= 15 is 0 Å². The normalized spacial score (nSPS) is 12.6. The summed E-state index contributed by atoms with van der Waals surface area (Å²) in [5.74, 6) is -2.17. The summed E-state index contributed by atoms with van der Waals surface area (Å²) in [6, 6.07) is 9.67. The predicted octanol–water partition coefficient (Wildman–Crippen LogP) is 2.56. The molecule has 3 amide bonds. The van der Waals surface area contributed by atoms with Gasteiger partial charge in [0.15, 0.2) is 6.61 Å². The summed E-state index contributed by atoms with van der Waals surface area (Å²) in [5.41, 5.74) is 2.65. The molecule has 0 fully saturated rings. The number of nitrogens with one attached hydrogen (secondary N) is 1. The summed E-state index contributed by atoms with van der Waals surface area (Å²) >= 11 is 0. The number of amides is 3. The molecule has 7 nitrogen and oxygen atoms in total. The van der Waals surface area contributed by atoms with E-state index < -0.39 is 30.3 Å². The van der Waals surface area contributed by atoms with Crippen LogP contribution in [-0.4, -0.2) is 36.8 Å². The van der Waals surface area contributed by atoms with Gasteiger partial charge in [0.05, 0.1) is 22.4 Å². The number of benzene rings is 2. The van der Waals surface area contributed by atoms with E-state index in [2.05, 4.69) is 11.9 Å². The smallest absolute Gasteiger partial charge is 0.338 e. The highest BCUT2D eigenvalue weighted by Crippen LogP contribution is 2.31. The van der Waals surface area contributed by atoms with Crippen LogP contribution < -0.4 is 10.2 Å². The molecule has 2 aromatic carbocycles. The highest BCUT2D eigenvalue weighted by molar-refractivity contribution is 6.35. The SMILES string of the molecule is C=CCNC(=O)COC(=O)c1ccc2c(c1)C(=O)N(c1cc(C)ccc1C)C2=O. The maximum atomic E-state index is 12.9. The summed E-state index contributed by atoms with van der Waals surface area (Å²) < 4.78 is 4.96. The highest BCUT2D eigenvalue weighted by atomic mass is 16.5. The van der Waals surface area contributed by atoms with Gasteiger partial charge in [0, 0.05) is 6.54 Å². The fraction of sp³-hybridized carbons (Fsp3) is 0.182. The largest absolute Gasteiger partial charge is 0.452 e. The molecule has 3 rings (SSSR count). The molecule has 1 aliphatic heterocycles. The Bertz CT molecular complexity index is 1040. The van der Waals surface area contributed by atoms with Crippen molar-refractivity contribution in [3.05, 3.63) is 76.9 Å². The average molecular weight is 392 g/mol. The number of esters is 1. The van der Waals surface area contributed by atoms with E-state index in [4.69, 9.17) is 4.74 Å². The Morgan fingerprint density at radius 1 is 1.07 bits per heavy atom. The number of anilines is 1. The van der Waals surface area contributed by atoms with Crippen LogP contribution in [0.4, 0.5) is 5.69 Å². The number of imide groups is 1. The fourth-order valence-electron chi connectivity index (χ4n) is 3.00. The van der Waals surface area contributed by atoms with E-state index in [1.54, 1.807) is 6.07 Å². The van der Waals surface area contributed by atoms with Crippen LogP contribution in [0, 0.1) is 13.8 Å². The Balaban J connectivity index is 1.82. The van der Waals surface area contributed by atoms with Gasteiger partial charge < -0.3 is 10.1 Å². The number of nitrogens with zero attached hydrogens (tertiary/aromatic N) is 1. The van der Waals surface area contributed by atoms with Crippen LogP contribution >= 0.6 is 0 Å². The van der Waals surface area contributed by atoms with Gasteiger partial charge in [-0.05, 0) is 49.2 Å². The van der Waals surface area contributed by atoms with E-state index in [1.165, 1.54) is 24.3 Å². The third kappa shape index (κ3) is 3.94. The summed E-state index contributed by atoms with van der Waals surface area (Å²) in [6.45, 7) is 6.98. The minimum absolute atomic E-state index is 0.0873. The van der Waals surface area contributed by atoms with Gasteiger partial charge in [-0.15, -0.1) is 6.58 Å². The third-order valence-electron chi connectivity index (χ3n) is 4.51. The first-order valence-corrected chi connectivity index (χ1v) is 8.98. The van der Waals surface area contributed by atoms with Crippen LogP contribution in [0.2, 0.25) is 0 Å². The molecular weight excluding hydrogens is 372 g/mol. The summed E-state index contributed by atoms with van der Waals surface area (Å²) in [6.07, 6.45) is 1.50. The van der Waals surface area contributed by atoms with Crippen molar-refractivity contribution < 1.29 is 23.9 Å². The predicted molar refractivity (Wildman–Crippen MR) is 107 cm³/mol.